The Kier molecular flexibility index (Phi) is 5.48. The third-order valence-electron chi connectivity index (χ3n) is 5.00. The molecular weight excluding hydrogens is 363 g/mol. The summed E-state index contributed by atoms with van der Waals surface area (Å²) in [5, 5.41) is 5.51. The number of amides is 3. The van der Waals surface area contributed by atoms with Crippen LogP contribution in [0.2, 0.25) is 0 Å². The summed E-state index contributed by atoms with van der Waals surface area (Å²) in [6, 6.07) is 4.84. The zero-order valence-corrected chi connectivity index (χ0v) is 14.9. The van der Waals surface area contributed by atoms with Gasteiger partial charge in [-0.15, -0.1) is 13.2 Å². The summed E-state index contributed by atoms with van der Waals surface area (Å²) in [5.41, 5.74) is 0.364. The van der Waals surface area contributed by atoms with Crippen molar-refractivity contribution in [3.05, 3.63) is 24.3 Å². The molecule has 0 spiro atoms. The molecule has 2 fully saturated rings. The van der Waals surface area contributed by atoms with Crippen molar-refractivity contribution in [1.29, 1.82) is 0 Å². The topological polar surface area (TPSA) is 70.7 Å². The molecule has 2 heterocycles. The number of anilines is 1. The van der Waals surface area contributed by atoms with Gasteiger partial charge in [0.15, 0.2) is 0 Å². The molecule has 2 bridgehead atoms. The summed E-state index contributed by atoms with van der Waals surface area (Å²) in [6.45, 7) is 1.85. The minimum absolute atomic E-state index is 0.0313. The second-order valence-electron chi connectivity index (χ2n) is 6.88. The number of alkyl halides is 3. The summed E-state index contributed by atoms with van der Waals surface area (Å²) in [6.07, 6.45) is -0.922. The van der Waals surface area contributed by atoms with Crippen molar-refractivity contribution in [3.63, 3.8) is 0 Å². The Bertz CT molecular complexity index is 679. The van der Waals surface area contributed by atoms with E-state index in [4.69, 9.17) is 0 Å². The highest BCUT2D eigenvalue weighted by Gasteiger charge is 2.42. The van der Waals surface area contributed by atoms with Gasteiger partial charge in [-0.05, 0) is 49.9 Å². The molecule has 27 heavy (non-hydrogen) atoms. The number of fused-ring (bicyclic) bond motifs is 2. The van der Waals surface area contributed by atoms with E-state index in [1.54, 1.807) is 0 Å². The van der Waals surface area contributed by atoms with E-state index in [-0.39, 0.29) is 29.8 Å². The Hall–Kier alpha value is -2.45. The van der Waals surface area contributed by atoms with E-state index in [0.29, 0.717) is 24.9 Å². The smallest absolute Gasteiger partial charge is 0.406 e. The first-order valence-electron chi connectivity index (χ1n) is 8.99. The molecule has 3 amide bonds. The number of piperidine rings is 1. The van der Waals surface area contributed by atoms with Gasteiger partial charge in [0.05, 0.1) is 0 Å². The van der Waals surface area contributed by atoms with Crippen LogP contribution in [0.5, 0.6) is 5.75 Å². The number of hydrogen-bond acceptors (Lipinski definition) is 3. The molecule has 2 saturated heterocycles. The highest BCUT2D eigenvalue weighted by molar-refractivity contribution is 5.89. The lowest BCUT2D eigenvalue weighted by Gasteiger charge is -2.39. The molecule has 148 valence electrons. The molecule has 0 aromatic heterocycles. The van der Waals surface area contributed by atoms with Gasteiger partial charge in [-0.2, -0.15) is 0 Å². The predicted octanol–water partition coefficient (Wildman–Crippen LogP) is 3.64. The molecule has 0 aliphatic carbocycles. The Morgan fingerprint density at radius 2 is 1.74 bits per heavy atom. The van der Waals surface area contributed by atoms with Crippen molar-refractivity contribution in [2.45, 2.75) is 63.5 Å². The molecule has 2 aliphatic rings. The van der Waals surface area contributed by atoms with E-state index < -0.39 is 12.4 Å². The van der Waals surface area contributed by atoms with Crippen molar-refractivity contribution in [1.82, 2.24) is 10.2 Å². The molecule has 2 aliphatic heterocycles. The highest BCUT2D eigenvalue weighted by Crippen LogP contribution is 2.36. The maximum atomic E-state index is 12.2. The summed E-state index contributed by atoms with van der Waals surface area (Å²) < 4.78 is 40.3. The van der Waals surface area contributed by atoms with Crippen LogP contribution < -0.4 is 15.4 Å². The van der Waals surface area contributed by atoms with Crippen LogP contribution in [-0.4, -0.2) is 41.3 Å². The second-order valence-corrected chi connectivity index (χ2v) is 6.88. The Morgan fingerprint density at radius 1 is 1.15 bits per heavy atom. The Labute approximate surface area is 155 Å². The standard InChI is InChI=1S/C18H22F3N3O3/c1-2-16(25)24-13-5-6-14(24)10-12(9-13)23-17(26)22-11-3-7-15(8-4-11)27-18(19,20)21/h3-4,7-8,12-14H,2,5-6,9-10H2,1H3,(H2,22,23,26). The number of carbonyl (C=O) groups excluding carboxylic acids is 2. The number of halogens is 3. The molecular formula is C18H22F3N3O3. The summed E-state index contributed by atoms with van der Waals surface area (Å²) in [4.78, 5) is 26.2. The molecule has 6 nitrogen and oxygen atoms in total. The highest BCUT2D eigenvalue weighted by atomic mass is 19.4. The lowest BCUT2D eigenvalue weighted by atomic mass is 9.97. The van der Waals surface area contributed by atoms with Crippen LogP contribution in [0.25, 0.3) is 0 Å². The molecule has 3 rings (SSSR count). The largest absolute Gasteiger partial charge is 0.573 e. The van der Waals surface area contributed by atoms with E-state index in [9.17, 15) is 22.8 Å². The summed E-state index contributed by atoms with van der Waals surface area (Å²) in [5.74, 6) is -0.190. The van der Waals surface area contributed by atoms with Crippen molar-refractivity contribution < 1.29 is 27.5 Å². The SMILES string of the molecule is CCC(=O)N1C2CCC1CC(NC(=O)Nc1ccc(OC(F)(F)F)cc1)C2. The van der Waals surface area contributed by atoms with Crippen LogP contribution in [0, 0.1) is 0 Å². The van der Waals surface area contributed by atoms with Gasteiger partial charge in [-0.3, -0.25) is 4.79 Å². The number of carbonyl (C=O) groups is 2. The fraction of sp³-hybridized carbons (Fsp3) is 0.556. The maximum Gasteiger partial charge on any atom is 0.573 e. The summed E-state index contributed by atoms with van der Waals surface area (Å²) in [7, 11) is 0. The zero-order valence-electron chi connectivity index (χ0n) is 14.9. The Balaban J connectivity index is 1.51. The number of nitrogens with one attached hydrogen (secondary N) is 2. The van der Waals surface area contributed by atoms with Crippen molar-refractivity contribution in [2.24, 2.45) is 0 Å². The van der Waals surface area contributed by atoms with E-state index in [2.05, 4.69) is 15.4 Å². The van der Waals surface area contributed by atoms with Crippen LogP contribution in [-0.2, 0) is 4.79 Å². The first-order chi connectivity index (χ1) is 12.7. The van der Waals surface area contributed by atoms with Crippen molar-refractivity contribution in [2.75, 3.05) is 5.32 Å². The molecule has 2 atom stereocenters. The number of ether oxygens (including phenoxy) is 1. The molecule has 1 aromatic rings. The van der Waals surface area contributed by atoms with Gasteiger partial charge in [0, 0.05) is 30.2 Å². The Morgan fingerprint density at radius 3 is 2.26 bits per heavy atom. The van der Waals surface area contributed by atoms with Gasteiger partial charge in [-0.25, -0.2) is 4.79 Å². The normalized spacial score (nSPS) is 24.4. The minimum atomic E-state index is -4.75. The van der Waals surface area contributed by atoms with Crippen LogP contribution in [0.4, 0.5) is 23.7 Å². The average molecular weight is 385 g/mol. The number of hydrogen-bond donors (Lipinski definition) is 2. The van der Waals surface area contributed by atoms with Gasteiger partial charge in [0.2, 0.25) is 5.91 Å². The minimum Gasteiger partial charge on any atom is -0.406 e. The van der Waals surface area contributed by atoms with Crippen LogP contribution >= 0.6 is 0 Å². The van der Waals surface area contributed by atoms with Gasteiger partial charge < -0.3 is 20.3 Å². The number of nitrogens with zero attached hydrogens (tertiary/aromatic N) is 1. The van der Waals surface area contributed by atoms with Crippen molar-refractivity contribution in [3.8, 4) is 5.75 Å². The number of urea groups is 1. The van der Waals surface area contributed by atoms with E-state index in [1.807, 2.05) is 11.8 Å². The fourth-order valence-electron chi connectivity index (χ4n) is 3.98. The van der Waals surface area contributed by atoms with Crippen LogP contribution in [0.1, 0.15) is 39.0 Å². The van der Waals surface area contributed by atoms with E-state index in [1.165, 1.54) is 12.1 Å². The molecule has 9 heteroatoms. The molecule has 0 saturated carbocycles. The monoisotopic (exact) mass is 385 g/mol. The predicted molar refractivity (Wildman–Crippen MR) is 92.2 cm³/mol. The number of rotatable bonds is 4. The second kappa shape index (κ2) is 7.66. The van der Waals surface area contributed by atoms with Gasteiger partial charge >= 0.3 is 12.4 Å². The maximum absolute atomic E-state index is 12.2. The van der Waals surface area contributed by atoms with Crippen LogP contribution in [0.3, 0.4) is 0 Å². The third kappa shape index (κ3) is 4.84. The molecule has 0 radical (unpaired) electrons. The van der Waals surface area contributed by atoms with Gasteiger partial charge in [0.25, 0.3) is 0 Å². The first kappa shape index (κ1) is 19.3. The fourth-order valence-corrected chi connectivity index (χ4v) is 3.98. The molecule has 1 aromatic carbocycles. The third-order valence-corrected chi connectivity index (χ3v) is 5.00. The lowest BCUT2D eigenvalue weighted by Crippen LogP contribution is -2.52. The van der Waals surface area contributed by atoms with E-state index in [0.717, 1.165) is 25.0 Å². The van der Waals surface area contributed by atoms with Crippen LogP contribution in [0.15, 0.2) is 24.3 Å². The van der Waals surface area contributed by atoms with Gasteiger partial charge in [0.1, 0.15) is 5.75 Å². The first-order valence-corrected chi connectivity index (χ1v) is 8.99. The quantitative estimate of drug-likeness (QED) is 0.831. The number of benzene rings is 1. The summed E-state index contributed by atoms with van der Waals surface area (Å²) >= 11 is 0. The average Bonchev–Trinajstić information content (AvgIpc) is 2.85. The van der Waals surface area contributed by atoms with Gasteiger partial charge in [-0.1, -0.05) is 6.92 Å². The zero-order chi connectivity index (χ0) is 19.6. The molecule has 2 unspecified atom stereocenters. The van der Waals surface area contributed by atoms with Crippen molar-refractivity contribution >= 4 is 17.6 Å². The van der Waals surface area contributed by atoms with E-state index >= 15 is 0 Å². The lowest BCUT2D eigenvalue weighted by molar-refractivity contribution is -0.274. The molecule has 2 N–H and O–H groups in total.